The Morgan fingerprint density at radius 2 is 2.12 bits per heavy atom. The number of hydrogen-bond donors (Lipinski definition) is 1. The van der Waals surface area contributed by atoms with E-state index in [9.17, 15) is 17.8 Å². The second kappa shape index (κ2) is 5.24. The highest BCUT2D eigenvalue weighted by Crippen LogP contribution is 1.99. The quantitative estimate of drug-likeness (QED) is 0.589. The number of pyridine rings is 1. The van der Waals surface area contributed by atoms with Gasteiger partial charge >= 0.3 is 5.97 Å². The van der Waals surface area contributed by atoms with Crippen molar-refractivity contribution in [3.8, 4) is 0 Å². The van der Waals surface area contributed by atoms with Crippen LogP contribution in [0.25, 0.3) is 0 Å². The summed E-state index contributed by atoms with van der Waals surface area (Å²) < 4.78 is 32.9. The first-order valence-electron chi connectivity index (χ1n) is 4.96. The van der Waals surface area contributed by atoms with Crippen molar-refractivity contribution in [3.05, 3.63) is 29.6 Å². The Morgan fingerprint density at radius 3 is 2.65 bits per heavy atom. The van der Waals surface area contributed by atoms with E-state index in [-0.39, 0.29) is 12.0 Å². The second-order valence-electron chi connectivity index (χ2n) is 3.67. The predicted octanol–water partition coefficient (Wildman–Crippen LogP) is -0.0840. The highest BCUT2D eigenvalue weighted by atomic mass is 32.2. The summed E-state index contributed by atoms with van der Waals surface area (Å²) in [6, 6.07) is 3.10. The lowest BCUT2D eigenvalue weighted by Gasteiger charge is -2.05. The third-order valence-electron chi connectivity index (χ3n) is 2.29. The Labute approximate surface area is 99.3 Å². The number of carbonyl (C=O) groups is 1. The maximum Gasteiger partial charge on any atom is 0.341 e. The van der Waals surface area contributed by atoms with E-state index in [1.165, 1.54) is 12.3 Å². The Hall–Kier alpha value is -1.47. The van der Waals surface area contributed by atoms with Gasteiger partial charge in [-0.15, -0.1) is 0 Å². The molecule has 7 heteroatoms. The van der Waals surface area contributed by atoms with E-state index in [4.69, 9.17) is 5.11 Å². The molecule has 0 fully saturated rings. The molecule has 1 aromatic rings. The zero-order chi connectivity index (χ0) is 13.1. The summed E-state index contributed by atoms with van der Waals surface area (Å²) >= 11 is 0. The minimum atomic E-state index is -4.21. The summed E-state index contributed by atoms with van der Waals surface area (Å²) in [7, 11) is -4.21. The van der Waals surface area contributed by atoms with Gasteiger partial charge in [0, 0.05) is 25.2 Å². The van der Waals surface area contributed by atoms with Gasteiger partial charge in [0.05, 0.1) is 10.1 Å². The molecule has 0 aliphatic rings. The van der Waals surface area contributed by atoms with Gasteiger partial charge in [0.15, 0.2) is 11.9 Å². The van der Waals surface area contributed by atoms with Crippen LogP contribution in [0.4, 0.5) is 0 Å². The fraction of sp³-hybridized carbons (Fsp3) is 0.400. The van der Waals surface area contributed by atoms with Gasteiger partial charge in [0.1, 0.15) is 12.1 Å². The lowest BCUT2D eigenvalue weighted by molar-refractivity contribution is -0.702. The third-order valence-corrected chi connectivity index (χ3v) is 3.08. The van der Waals surface area contributed by atoms with Gasteiger partial charge < -0.3 is 9.66 Å². The molecule has 6 nitrogen and oxygen atoms in total. The fourth-order valence-electron chi connectivity index (χ4n) is 1.40. The topological polar surface area (TPSA) is 98.4 Å². The standard InChI is InChI=1S/C10H13NO5S/c1-8-3-4-9(10(12)13)7-11(8)5-2-6-17(14,15)16/h3-4,7H,2,5-6H2,1H3,(H-,12,13,14,15,16). The lowest BCUT2D eigenvalue weighted by Crippen LogP contribution is -2.38. The molecular formula is C10H13NO5S. The van der Waals surface area contributed by atoms with E-state index in [2.05, 4.69) is 0 Å². The fourth-order valence-corrected chi connectivity index (χ4v) is 1.88. The molecule has 0 radical (unpaired) electrons. The van der Waals surface area contributed by atoms with Crippen molar-refractivity contribution in [3.63, 3.8) is 0 Å². The zero-order valence-electron chi connectivity index (χ0n) is 9.29. The summed E-state index contributed by atoms with van der Waals surface area (Å²) in [5, 5.41) is 8.80. The molecule has 94 valence electrons. The Kier molecular flexibility index (Phi) is 4.19. The van der Waals surface area contributed by atoms with E-state index < -0.39 is 21.8 Å². The number of carboxylic acids is 1. The first-order chi connectivity index (χ1) is 7.79. The molecule has 0 aliphatic carbocycles. The van der Waals surface area contributed by atoms with Crippen molar-refractivity contribution in [2.24, 2.45) is 0 Å². The third kappa shape index (κ3) is 4.49. The van der Waals surface area contributed by atoms with Gasteiger partial charge in [-0.3, -0.25) is 0 Å². The number of hydrogen-bond acceptors (Lipinski definition) is 4. The summed E-state index contributed by atoms with van der Waals surface area (Å²) in [4.78, 5) is 10.7. The number of carboxylic acid groups (broad SMARTS) is 1. The van der Waals surface area contributed by atoms with Crippen molar-refractivity contribution in [1.82, 2.24) is 0 Å². The van der Waals surface area contributed by atoms with E-state index in [0.717, 1.165) is 5.69 Å². The Morgan fingerprint density at radius 1 is 1.47 bits per heavy atom. The molecular weight excluding hydrogens is 246 g/mol. The first kappa shape index (κ1) is 13.6. The van der Waals surface area contributed by atoms with Crippen molar-refractivity contribution < 1.29 is 27.4 Å². The summed E-state index contributed by atoms with van der Waals surface area (Å²) in [6.45, 7) is 2.08. The molecule has 1 N–H and O–H groups in total. The van der Waals surface area contributed by atoms with Crippen LogP contribution in [-0.2, 0) is 16.7 Å². The summed E-state index contributed by atoms with van der Waals surface area (Å²) in [5.41, 5.74) is 0.930. The van der Waals surface area contributed by atoms with Crippen LogP contribution in [0.15, 0.2) is 18.3 Å². The summed E-state index contributed by atoms with van der Waals surface area (Å²) in [5.74, 6) is -1.49. The van der Waals surface area contributed by atoms with Crippen LogP contribution in [-0.4, -0.2) is 29.8 Å². The molecule has 0 saturated heterocycles. The normalized spacial score (nSPS) is 11.4. The SMILES string of the molecule is Cc1ccc(C(=O)O)c[n+]1CCCS(=O)(=O)[O-]. The highest BCUT2D eigenvalue weighted by molar-refractivity contribution is 7.85. The van der Waals surface area contributed by atoms with Gasteiger partial charge in [0.2, 0.25) is 0 Å². The lowest BCUT2D eigenvalue weighted by atomic mass is 10.2. The minimum Gasteiger partial charge on any atom is -0.748 e. The molecule has 1 rings (SSSR count). The molecule has 0 bridgehead atoms. The summed E-state index contributed by atoms with van der Waals surface area (Å²) in [6.07, 6.45) is 1.59. The van der Waals surface area contributed by atoms with Crippen molar-refractivity contribution in [1.29, 1.82) is 0 Å². The van der Waals surface area contributed by atoms with E-state index >= 15 is 0 Å². The van der Waals surface area contributed by atoms with Gasteiger partial charge in [-0.2, -0.15) is 0 Å². The average molecular weight is 259 g/mol. The van der Waals surface area contributed by atoms with E-state index in [1.54, 1.807) is 17.6 Å². The van der Waals surface area contributed by atoms with Crippen LogP contribution in [0, 0.1) is 6.92 Å². The molecule has 0 aromatic carbocycles. The molecule has 1 aromatic heterocycles. The number of nitrogens with zero attached hydrogens (tertiary/aromatic N) is 1. The minimum absolute atomic E-state index is 0.126. The highest BCUT2D eigenvalue weighted by Gasteiger charge is 2.12. The van der Waals surface area contributed by atoms with Gasteiger partial charge in [-0.25, -0.2) is 17.8 Å². The van der Waals surface area contributed by atoms with Crippen LogP contribution >= 0.6 is 0 Å². The molecule has 0 spiro atoms. The van der Waals surface area contributed by atoms with Crippen LogP contribution < -0.4 is 4.57 Å². The monoisotopic (exact) mass is 259 g/mol. The van der Waals surface area contributed by atoms with Crippen LogP contribution in [0.3, 0.4) is 0 Å². The molecule has 0 atom stereocenters. The average Bonchev–Trinajstić information content (AvgIpc) is 2.18. The second-order valence-corrected chi connectivity index (χ2v) is 5.20. The van der Waals surface area contributed by atoms with E-state index in [1.807, 2.05) is 0 Å². The van der Waals surface area contributed by atoms with E-state index in [0.29, 0.717) is 6.54 Å². The van der Waals surface area contributed by atoms with Gasteiger partial charge in [-0.05, 0) is 6.07 Å². The molecule has 1 heterocycles. The van der Waals surface area contributed by atoms with Gasteiger partial charge in [-0.1, -0.05) is 0 Å². The number of aromatic nitrogens is 1. The van der Waals surface area contributed by atoms with Crippen molar-refractivity contribution in [2.45, 2.75) is 19.9 Å². The van der Waals surface area contributed by atoms with Crippen LogP contribution in [0.1, 0.15) is 22.5 Å². The predicted molar refractivity (Wildman–Crippen MR) is 57.5 cm³/mol. The number of rotatable bonds is 5. The number of aromatic carboxylic acids is 1. The molecule has 0 aliphatic heterocycles. The van der Waals surface area contributed by atoms with Gasteiger partial charge in [0.25, 0.3) is 0 Å². The maximum atomic E-state index is 10.7. The van der Waals surface area contributed by atoms with Crippen molar-refractivity contribution in [2.75, 3.05) is 5.75 Å². The largest absolute Gasteiger partial charge is 0.748 e. The Balaban J connectivity index is 2.76. The molecule has 17 heavy (non-hydrogen) atoms. The van der Waals surface area contributed by atoms with Crippen molar-refractivity contribution >= 4 is 16.1 Å². The molecule has 0 saturated carbocycles. The maximum absolute atomic E-state index is 10.7. The van der Waals surface area contributed by atoms with Crippen LogP contribution in [0.5, 0.6) is 0 Å². The zero-order valence-corrected chi connectivity index (χ0v) is 10.1. The number of aryl methyl sites for hydroxylation is 2. The smallest absolute Gasteiger partial charge is 0.341 e. The van der Waals surface area contributed by atoms with Crippen LogP contribution in [0.2, 0.25) is 0 Å². The first-order valence-corrected chi connectivity index (χ1v) is 6.54. The molecule has 0 unspecified atom stereocenters. The molecule has 0 amide bonds. The Bertz CT molecular complexity index is 523.